The molecule has 0 saturated heterocycles. The van der Waals surface area contributed by atoms with Crippen molar-refractivity contribution in [2.75, 3.05) is 23.9 Å². The summed E-state index contributed by atoms with van der Waals surface area (Å²) < 4.78 is 27.4. The fourth-order valence-electron chi connectivity index (χ4n) is 2.66. The Balaban J connectivity index is 1.79. The van der Waals surface area contributed by atoms with Crippen molar-refractivity contribution >= 4 is 33.4 Å². The summed E-state index contributed by atoms with van der Waals surface area (Å²) >= 11 is 1.49. The predicted molar refractivity (Wildman–Crippen MR) is 106 cm³/mol. The molecule has 10 heteroatoms. The predicted octanol–water partition coefficient (Wildman–Crippen LogP) is 2.13. The topological polar surface area (TPSA) is 106 Å². The van der Waals surface area contributed by atoms with E-state index in [0.29, 0.717) is 23.8 Å². The van der Waals surface area contributed by atoms with Gasteiger partial charge in [0.05, 0.1) is 11.4 Å². The number of nitrogens with one attached hydrogen (secondary N) is 2. The maximum Gasteiger partial charge on any atom is 0.221 e. The molecule has 0 bridgehead atoms. The van der Waals surface area contributed by atoms with Gasteiger partial charge in [-0.25, -0.2) is 13.1 Å². The van der Waals surface area contributed by atoms with E-state index in [1.54, 1.807) is 0 Å². The van der Waals surface area contributed by atoms with Crippen LogP contribution in [0.1, 0.15) is 37.9 Å². The number of hydrogen-bond acceptors (Lipinski definition) is 6. The van der Waals surface area contributed by atoms with E-state index >= 15 is 0 Å². The Morgan fingerprint density at radius 3 is 2.78 bits per heavy atom. The summed E-state index contributed by atoms with van der Waals surface area (Å²) in [5, 5.41) is 12.2. The molecular weight excluding hydrogens is 386 g/mol. The summed E-state index contributed by atoms with van der Waals surface area (Å²) in [6, 6.07) is 7.56. The zero-order valence-electron chi connectivity index (χ0n) is 15.3. The Morgan fingerprint density at radius 2 is 2.11 bits per heavy atom. The van der Waals surface area contributed by atoms with E-state index in [9.17, 15) is 13.2 Å². The molecule has 1 aromatic carbocycles. The first-order valence-electron chi connectivity index (χ1n) is 8.77. The zero-order valence-corrected chi connectivity index (χ0v) is 16.9. The van der Waals surface area contributed by atoms with E-state index in [1.165, 1.54) is 25.7 Å². The van der Waals surface area contributed by atoms with Gasteiger partial charge in [0, 0.05) is 24.3 Å². The second-order valence-corrected chi connectivity index (χ2v) is 9.52. The molecule has 1 saturated carbocycles. The highest BCUT2D eigenvalue weighted by Gasteiger charge is 2.31. The van der Waals surface area contributed by atoms with Crippen molar-refractivity contribution in [3.8, 4) is 5.69 Å². The van der Waals surface area contributed by atoms with Crippen molar-refractivity contribution in [3.05, 3.63) is 30.1 Å². The number of hydrogen-bond donors (Lipinski definition) is 2. The van der Waals surface area contributed by atoms with Crippen LogP contribution in [-0.4, -0.2) is 47.6 Å². The monoisotopic (exact) mass is 409 g/mol. The molecule has 0 radical (unpaired) electrons. The van der Waals surface area contributed by atoms with Crippen LogP contribution in [0.5, 0.6) is 0 Å². The Hall–Kier alpha value is -1.91. The summed E-state index contributed by atoms with van der Waals surface area (Å²) in [6.45, 7) is 1.47. The van der Waals surface area contributed by atoms with Crippen molar-refractivity contribution in [2.45, 2.75) is 37.3 Å². The van der Waals surface area contributed by atoms with Crippen LogP contribution in [0.25, 0.3) is 5.69 Å². The molecule has 0 unspecified atom stereocenters. The second kappa shape index (κ2) is 8.41. The normalized spacial score (nSPS) is 14.3. The lowest BCUT2D eigenvalue weighted by Gasteiger charge is -2.11. The van der Waals surface area contributed by atoms with Crippen LogP contribution >= 0.6 is 11.8 Å². The molecule has 0 aliphatic heterocycles. The molecule has 2 N–H and O–H groups in total. The third-order valence-corrected chi connectivity index (χ3v) is 6.59. The highest BCUT2D eigenvalue weighted by molar-refractivity contribution is 7.99. The van der Waals surface area contributed by atoms with E-state index in [-0.39, 0.29) is 11.7 Å². The average Bonchev–Trinajstić information content (AvgIpc) is 3.38. The van der Waals surface area contributed by atoms with Gasteiger partial charge in [-0.15, -0.1) is 10.2 Å². The fourth-order valence-corrected chi connectivity index (χ4v) is 4.47. The number of nitrogens with zero attached hydrogens (tertiary/aromatic N) is 3. The van der Waals surface area contributed by atoms with Gasteiger partial charge in [-0.2, -0.15) is 0 Å². The lowest BCUT2D eigenvalue weighted by molar-refractivity contribution is -0.114. The lowest BCUT2D eigenvalue weighted by Crippen LogP contribution is -2.22. The molecule has 2 aromatic rings. The van der Waals surface area contributed by atoms with Crippen LogP contribution in [-0.2, 0) is 14.8 Å². The molecule has 1 heterocycles. The molecule has 27 heavy (non-hydrogen) atoms. The first kappa shape index (κ1) is 19.8. The Bertz CT molecular complexity index is 922. The van der Waals surface area contributed by atoms with Gasteiger partial charge < -0.3 is 5.32 Å². The molecule has 1 amide bonds. The number of carbonyl (C=O) groups is 1. The van der Waals surface area contributed by atoms with E-state index in [2.05, 4.69) is 20.2 Å². The standard InChI is InChI=1S/C17H23N5O3S2/c1-12(23)19-14-5-3-6-15(11-14)22-16(13-7-8-13)20-21-17(22)26-9-4-10-27(24,25)18-2/h3,5-6,11,13,18H,4,7-10H2,1-2H3,(H,19,23). The Morgan fingerprint density at radius 1 is 1.33 bits per heavy atom. The van der Waals surface area contributed by atoms with Crippen molar-refractivity contribution in [3.63, 3.8) is 0 Å². The van der Waals surface area contributed by atoms with Crippen LogP contribution in [0.15, 0.2) is 29.4 Å². The van der Waals surface area contributed by atoms with Gasteiger partial charge in [-0.3, -0.25) is 9.36 Å². The SMILES string of the molecule is CNS(=O)(=O)CCCSc1nnc(C2CC2)n1-c1cccc(NC(C)=O)c1. The second-order valence-electron chi connectivity index (χ2n) is 6.41. The van der Waals surface area contributed by atoms with E-state index < -0.39 is 10.0 Å². The van der Waals surface area contributed by atoms with Gasteiger partial charge in [0.1, 0.15) is 5.82 Å². The molecule has 1 fully saturated rings. The zero-order chi connectivity index (χ0) is 19.4. The number of aromatic nitrogens is 3. The van der Waals surface area contributed by atoms with Crippen LogP contribution in [0.2, 0.25) is 0 Å². The maximum absolute atomic E-state index is 11.5. The molecule has 1 aliphatic carbocycles. The minimum absolute atomic E-state index is 0.0815. The summed E-state index contributed by atoms with van der Waals surface area (Å²) in [7, 11) is -1.78. The molecular formula is C17H23N5O3S2. The van der Waals surface area contributed by atoms with Gasteiger partial charge in [-0.1, -0.05) is 17.8 Å². The summed E-state index contributed by atoms with van der Waals surface area (Å²) in [4.78, 5) is 11.3. The minimum Gasteiger partial charge on any atom is -0.326 e. The van der Waals surface area contributed by atoms with Crippen molar-refractivity contribution < 1.29 is 13.2 Å². The molecule has 0 spiro atoms. The Labute approximate surface area is 163 Å². The molecule has 146 valence electrons. The van der Waals surface area contributed by atoms with Crippen molar-refractivity contribution in [1.29, 1.82) is 0 Å². The number of carbonyl (C=O) groups excluding carboxylic acids is 1. The van der Waals surface area contributed by atoms with Gasteiger partial charge >= 0.3 is 0 Å². The van der Waals surface area contributed by atoms with Gasteiger partial charge in [0.2, 0.25) is 15.9 Å². The van der Waals surface area contributed by atoms with Crippen molar-refractivity contribution in [2.24, 2.45) is 0 Å². The number of rotatable bonds is 9. The van der Waals surface area contributed by atoms with Crippen LogP contribution in [0.3, 0.4) is 0 Å². The van der Waals surface area contributed by atoms with E-state index in [4.69, 9.17) is 0 Å². The maximum atomic E-state index is 11.5. The van der Waals surface area contributed by atoms with Gasteiger partial charge in [0.25, 0.3) is 0 Å². The Kier molecular flexibility index (Phi) is 6.18. The van der Waals surface area contributed by atoms with Crippen LogP contribution < -0.4 is 10.0 Å². The number of benzene rings is 1. The summed E-state index contributed by atoms with van der Waals surface area (Å²) in [5.41, 5.74) is 1.60. The van der Waals surface area contributed by atoms with Gasteiger partial charge in [-0.05, 0) is 44.5 Å². The molecule has 0 atom stereocenters. The molecule has 8 nitrogen and oxygen atoms in total. The minimum atomic E-state index is -3.20. The van der Waals surface area contributed by atoms with E-state index in [0.717, 1.165) is 29.5 Å². The average molecular weight is 410 g/mol. The van der Waals surface area contributed by atoms with Crippen LogP contribution in [0, 0.1) is 0 Å². The first-order chi connectivity index (χ1) is 12.9. The lowest BCUT2D eigenvalue weighted by atomic mass is 10.2. The fraction of sp³-hybridized carbons (Fsp3) is 0.471. The summed E-state index contributed by atoms with van der Waals surface area (Å²) in [6.07, 6.45) is 2.70. The highest BCUT2D eigenvalue weighted by Crippen LogP contribution is 2.41. The third kappa shape index (κ3) is 5.30. The first-order valence-corrected chi connectivity index (χ1v) is 11.4. The van der Waals surface area contributed by atoms with Crippen molar-refractivity contribution in [1.82, 2.24) is 19.5 Å². The number of sulfonamides is 1. The van der Waals surface area contributed by atoms with Gasteiger partial charge in [0.15, 0.2) is 5.16 Å². The smallest absolute Gasteiger partial charge is 0.221 e. The summed E-state index contributed by atoms with van der Waals surface area (Å²) in [5.74, 6) is 1.90. The molecule has 1 aliphatic rings. The molecule has 1 aromatic heterocycles. The largest absolute Gasteiger partial charge is 0.326 e. The highest BCUT2D eigenvalue weighted by atomic mass is 32.2. The third-order valence-electron chi connectivity index (χ3n) is 4.13. The van der Waals surface area contributed by atoms with E-state index in [1.807, 2.05) is 28.8 Å². The number of amides is 1. The van der Waals surface area contributed by atoms with Crippen LogP contribution in [0.4, 0.5) is 5.69 Å². The quantitative estimate of drug-likeness (QED) is 0.485. The molecule has 3 rings (SSSR count). The number of thioether (sulfide) groups is 1. The number of anilines is 1.